The van der Waals surface area contributed by atoms with E-state index in [4.69, 9.17) is 4.74 Å². The average molecular weight is 314 g/mol. The number of anilines is 1. The number of ether oxygens (including phenoxy) is 1. The molecular weight excluding hydrogens is 292 g/mol. The molecule has 0 fully saturated rings. The van der Waals surface area contributed by atoms with Crippen molar-refractivity contribution in [3.63, 3.8) is 0 Å². The summed E-state index contributed by atoms with van der Waals surface area (Å²) in [5, 5.41) is 10.7. The van der Waals surface area contributed by atoms with Gasteiger partial charge in [-0.25, -0.2) is 4.79 Å². The maximum atomic E-state index is 12.4. The van der Waals surface area contributed by atoms with Gasteiger partial charge in [0, 0.05) is 6.20 Å². The first-order valence-electron chi connectivity index (χ1n) is 7.65. The standard InChI is InChI=1S/C17H22N4O2/c1-3-21(2)16(14-8-5-4-6-9-14)17(22)23-13-12-18-15-10-7-11-19-20-15/h4-11,16H,3,12-13H2,1-2H3,(H,18,20). The summed E-state index contributed by atoms with van der Waals surface area (Å²) < 4.78 is 5.41. The molecule has 1 N–H and O–H groups in total. The summed E-state index contributed by atoms with van der Waals surface area (Å²) >= 11 is 0. The molecule has 0 amide bonds. The molecule has 6 nitrogen and oxygen atoms in total. The largest absolute Gasteiger partial charge is 0.462 e. The molecule has 0 aliphatic heterocycles. The summed E-state index contributed by atoms with van der Waals surface area (Å²) in [5.41, 5.74) is 0.934. The van der Waals surface area contributed by atoms with Gasteiger partial charge < -0.3 is 10.1 Å². The van der Waals surface area contributed by atoms with Crippen LogP contribution in [0, 0.1) is 0 Å². The molecule has 6 heteroatoms. The van der Waals surface area contributed by atoms with Crippen molar-refractivity contribution in [2.45, 2.75) is 13.0 Å². The number of carbonyl (C=O) groups excluding carboxylic acids is 1. The maximum absolute atomic E-state index is 12.4. The SMILES string of the molecule is CCN(C)C(C(=O)OCCNc1cccnn1)c1ccccc1. The number of likely N-dealkylation sites (N-methyl/N-ethyl adjacent to an activating group) is 1. The van der Waals surface area contributed by atoms with Gasteiger partial charge in [-0.2, -0.15) is 5.10 Å². The first-order chi connectivity index (χ1) is 11.2. The van der Waals surface area contributed by atoms with Crippen LogP contribution in [0.4, 0.5) is 5.82 Å². The summed E-state index contributed by atoms with van der Waals surface area (Å²) in [6.45, 7) is 3.53. The van der Waals surface area contributed by atoms with Crippen LogP contribution in [-0.2, 0) is 9.53 Å². The second kappa shape index (κ2) is 8.85. The zero-order valence-electron chi connectivity index (χ0n) is 13.5. The minimum absolute atomic E-state index is 0.249. The second-order valence-corrected chi connectivity index (χ2v) is 5.09. The fraction of sp³-hybridized carbons (Fsp3) is 0.353. The van der Waals surface area contributed by atoms with Crippen molar-refractivity contribution in [3.8, 4) is 0 Å². The lowest BCUT2D eigenvalue weighted by molar-refractivity contribution is -0.149. The molecule has 1 atom stereocenters. The summed E-state index contributed by atoms with van der Waals surface area (Å²) in [5.74, 6) is 0.412. The Morgan fingerprint density at radius 1 is 1.26 bits per heavy atom. The van der Waals surface area contributed by atoms with E-state index in [0.29, 0.717) is 12.4 Å². The van der Waals surface area contributed by atoms with Crippen LogP contribution >= 0.6 is 0 Å². The molecule has 1 unspecified atom stereocenters. The molecule has 1 aromatic carbocycles. The zero-order chi connectivity index (χ0) is 16.5. The van der Waals surface area contributed by atoms with E-state index in [2.05, 4.69) is 15.5 Å². The normalized spacial score (nSPS) is 12.0. The van der Waals surface area contributed by atoms with Gasteiger partial charge in [0.15, 0.2) is 0 Å². The Morgan fingerprint density at radius 3 is 2.70 bits per heavy atom. The number of esters is 1. The third-order valence-electron chi connectivity index (χ3n) is 3.50. The Labute approximate surface area is 136 Å². The maximum Gasteiger partial charge on any atom is 0.328 e. The van der Waals surface area contributed by atoms with E-state index >= 15 is 0 Å². The molecule has 2 rings (SSSR count). The first-order valence-corrected chi connectivity index (χ1v) is 7.65. The number of carbonyl (C=O) groups is 1. The van der Waals surface area contributed by atoms with Crippen LogP contribution in [0.15, 0.2) is 48.7 Å². The van der Waals surface area contributed by atoms with Gasteiger partial charge in [0.05, 0.1) is 6.54 Å². The highest BCUT2D eigenvalue weighted by molar-refractivity contribution is 5.77. The van der Waals surface area contributed by atoms with E-state index in [1.807, 2.05) is 55.3 Å². The Morgan fingerprint density at radius 2 is 2.04 bits per heavy atom. The molecular formula is C17H22N4O2. The predicted octanol–water partition coefficient (Wildman–Crippen LogP) is 2.12. The van der Waals surface area contributed by atoms with Crippen LogP contribution in [0.1, 0.15) is 18.5 Å². The van der Waals surface area contributed by atoms with E-state index in [-0.39, 0.29) is 12.6 Å². The number of nitrogens with zero attached hydrogens (tertiary/aromatic N) is 3. The lowest BCUT2D eigenvalue weighted by Crippen LogP contribution is -2.33. The summed E-state index contributed by atoms with van der Waals surface area (Å²) in [6, 6.07) is 12.9. The third kappa shape index (κ3) is 5.03. The zero-order valence-corrected chi connectivity index (χ0v) is 13.5. The van der Waals surface area contributed by atoms with Crippen molar-refractivity contribution in [2.24, 2.45) is 0 Å². The number of benzene rings is 1. The summed E-state index contributed by atoms with van der Waals surface area (Å²) in [6.07, 6.45) is 1.61. The summed E-state index contributed by atoms with van der Waals surface area (Å²) in [4.78, 5) is 14.4. The monoisotopic (exact) mass is 314 g/mol. The Hall–Kier alpha value is -2.47. The number of rotatable bonds is 8. The molecule has 2 aromatic rings. The minimum Gasteiger partial charge on any atom is -0.462 e. The van der Waals surface area contributed by atoms with Gasteiger partial charge in [0.2, 0.25) is 0 Å². The van der Waals surface area contributed by atoms with Crippen LogP contribution in [0.5, 0.6) is 0 Å². The molecule has 0 aliphatic rings. The topological polar surface area (TPSA) is 67.3 Å². The molecule has 23 heavy (non-hydrogen) atoms. The molecule has 0 aliphatic carbocycles. The molecule has 0 radical (unpaired) electrons. The average Bonchev–Trinajstić information content (AvgIpc) is 2.60. The first kappa shape index (κ1) is 16.9. The second-order valence-electron chi connectivity index (χ2n) is 5.09. The van der Waals surface area contributed by atoms with E-state index in [1.165, 1.54) is 0 Å². The van der Waals surface area contributed by atoms with Gasteiger partial charge in [-0.3, -0.25) is 4.90 Å². The van der Waals surface area contributed by atoms with Crippen LogP contribution in [-0.4, -0.2) is 47.8 Å². The highest BCUT2D eigenvalue weighted by Gasteiger charge is 2.25. The highest BCUT2D eigenvalue weighted by Crippen LogP contribution is 2.20. The number of nitrogens with one attached hydrogen (secondary N) is 1. The Balaban J connectivity index is 1.88. The number of hydrogen-bond donors (Lipinski definition) is 1. The lowest BCUT2D eigenvalue weighted by Gasteiger charge is -2.25. The molecule has 0 bridgehead atoms. The molecule has 0 spiro atoms. The van der Waals surface area contributed by atoms with E-state index < -0.39 is 6.04 Å². The molecule has 1 heterocycles. The number of aromatic nitrogens is 2. The van der Waals surface area contributed by atoms with Gasteiger partial charge in [-0.05, 0) is 31.3 Å². The highest BCUT2D eigenvalue weighted by atomic mass is 16.5. The van der Waals surface area contributed by atoms with Crippen LogP contribution < -0.4 is 5.32 Å². The van der Waals surface area contributed by atoms with E-state index in [1.54, 1.807) is 12.3 Å². The van der Waals surface area contributed by atoms with Crippen molar-refractivity contribution in [2.75, 3.05) is 32.1 Å². The van der Waals surface area contributed by atoms with Crippen molar-refractivity contribution >= 4 is 11.8 Å². The van der Waals surface area contributed by atoms with E-state index in [9.17, 15) is 4.79 Å². The van der Waals surface area contributed by atoms with Gasteiger partial charge in [0.25, 0.3) is 0 Å². The van der Waals surface area contributed by atoms with Crippen LogP contribution in [0.2, 0.25) is 0 Å². The van der Waals surface area contributed by atoms with Crippen LogP contribution in [0.3, 0.4) is 0 Å². The van der Waals surface area contributed by atoms with Gasteiger partial charge >= 0.3 is 5.97 Å². The predicted molar refractivity (Wildman–Crippen MR) is 89.0 cm³/mol. The van der Waals surface area contributed by atoms with Crippen LogP contribution in [0.25, 0.3) is 0 Å². The third-order valence-corrected chi connectivity index (χ3v) is 3.50. The molecule has 1 aromatic heterocycles. The Bertz CT molecular complexity index is 592. The van der Waals surface area contributed by atoms with E-state index in [0.717, 1.165) is 12.1 Å². The quantitative estimate of drug-likeness (QED) is 0.595. The number of hydrogen-bond acceptors (Lipinski definition) is 6. The van der Waals surface area contributed by atoms with Gasteiger partial charge in [0.1, 0.15) is 18.5 Å². The molecule has 0 saturated heterocycles. The van der Waals surface area contributed by atoms with Crippen molar-refractivity contribution in [3.05, 3.63) is 54.2 Å². The fourth-order valence-electron chi connectivity index (χ4n) is 2.19. The van der Waals surface area contributed by atoms with Gasteiger partial charge in [-0.15, -0.1) is 5.10 Å². The minimum atomic E-state index is -0.391. The fourth-order valence-corrected chi connectivity index (χ4v) is 2.19. The van der Waals surface area contributed by atoms with Crippen molar-refractivity contribution in [1.29, 1.82) is 0 Å². The lowest BCUT2D eigenvalue weighted by atomic mass is 10.1. The Kier molecular flexibility index (Phi) is 6.50. The van der Waals surface area contributed by atoms with Gasteiger partial charge in [-0.1, -0.05) is 37.3 Å². The van der Waals surface area contributed by atoms with Crippen molar-refractivity contribution in [1.82, 2.24) is 15.1 Å². The smallest absolute Gasteiger partial charge is 0.328 e. The molecule has 0 saturated carbocycles. The molecule has 122 valence electrons. The van der Waals surface area contributed by atoms with Crippen molar-refractivity contribution < 1.29 is 9.53 Å². The summed E-state index contributed by atoms with van der Waals surface area (Å²) in [7, 11) is 1.91.